The molecule has 2 N–H and O–H groups in total. The molecule has 4 nitrogen and oxygen atoms in total. The van der Waals surface area contributed by atoms with Crippen molar-refractivity contribution in [3.63, 3.8) is 0 Å². The number of anilines is 2. The van der Waals surface area contributed by atoms with Crippen LogP contribution in [-0.4, -0.2) is 23.6 Å². The van der Waals surface area contributed by atoms with Gasteiger partial charge in [-0.2, -0.15) is 0 Å². The van der Waals surface area contributed by atoms with Gasteiger partial charge in [0, 0.05) is 24.5 Å². The molecule has 26 heavy (non-hydrogen) atoms. The smallest absolute Gasteiger partial charge is 0.223 e. The molecule has 0 amide bonds. The molecule has 2 aromatic carbocycles. The maximum Gasteiger partial charge on any atom is 0.223 e. The number of nitrogens with one attached hydrogen (secondary N) is 2. The van der Waals surface area contributed by atoms with E-state index >= 15 is 0 Å². The van der Waals surface area contributed by atoms with E-state index < -0.39 is 0 Å². The first-order chi connectivity index (χ1) is 12.1. The number of aromatic nitrogens is 2. The summed E-state index contributed by atoms with van der Waals surface area (Å²) in [6.45, 7) is 7.01. The molecule has 0 atom stereocenters. The van der Waals surface area contributed by atoms with Crippen LogP contribution in [0, 0.1) is 5.82 Å². The van der Waals surface area contributed by atoms with Gasteiger partial charge in [-0.15, -0.1) is 12.4 Å². The Morgan fingerprint density at radius 3 is 2.35 bits per heavy atom. The van der Waals surface area contributed by atoms with Crippen LogP contribution in [-0.2, 0) is 0 Å². The molecule has 0 aliphatic rings. The van der Waals surface area contributed by atoms with Gasteiger partial charge in [0.1, 0.15) is 5.82 Å². The molecule has 0 aliphatic carbocycles. The van der Waals surface area contributed by atoms with Crippen molar-refractivity contribution >= 4 is 34.8 Å². The molecular formula is C20H24ClFN4. The van der Waals surface area contributed by atoms with Crippen LogP contribution in [0.5, 0.6) is 0 Å². The van der Waals surface area contributed by atoms with Crippen molar-refractivity contribution in [2.45, 2.75) is 26.7 Å². The first-order valence-corrected chi connectivity index (χ1v) is 8.58. The van der Waals surface area contributed by atoms with E-state index in [1.807, 2.05) is 25.1 Å². The van der Waals surface area contributed by atoms with Crippen LogP contribution in [0.15, 0.2) is 36.4 Å². The molecule has 6 heteroatoms. The van der Waals surface area contributed by atoms with E-state index in [-0.39, 0.29) is 24.1 Å². The van der Waals surface area contributed by atoms with Crippen molar-refractivity contribution in [3.8, 4) is 11.3 Å². The maximum atomic E-state index is 14.2. The highest BCUT2D eigenvalue weighted by Crippen LogP contribution is 2.37. The predicted molar refractivity (Wildman–Crippen MR) is 110 cm³/mol. The quantitative estimate of drug-likeness (QED) is 0.623. The van der Waals surface area contributed by atoms with Crippen molar-refractivity contribution in [1.82, 2.24) is 9.97 Å². The minimum absolute atomic E-state index is 0. The van der Waals surface area contributed by atoms with Crippen LogP contribution in [0.2, 0.25) is 0 Å². The summed E-state index contributed by atoms with van der Waals surface area (Å²) in [7, 11) is 1.80. The molecule has 3 rings (SSSR count). The van der Waals surface area contributed by atoms with Crippen molar-refractivity contribution in [3.05, 3.63) is 47.9 Å². The molecule has 1 aromatic heterocycles. The monoisotopic (exact) mass is 374 g/mol. The Bertz CT molecular complexity index is 912. The first kappa shape index (κ1) is 19.9. The van der Waals surface area contributed by atoms with Crippen LogP contribution >= 0.6 is 12.4 Å². The summed E-state index contributed by atoms with van der Waals surface area (Å²) in [4.78, 5) is 9.33. The van der Waals surface area contributed by atoms with Gasteiger partial charge in [-0.25, -0.2) is 14.4 Å². The third-order valence-electron chi connectivity index (χ3n) is 4.19. The van der Waals surface area contributed by atoms with Gasteiger partial charge in [-0.1, -0.05) is 38.1 Å². The minimum Gasteiger partial charge on any atom is -0.382 e. The van der Waals surface area contributed by atoms with Crippen LogP contribution < -0.4 is 10.6 Å². The second-order valence-electron chi connectivity index (χ2n) is 6.23. The molecule has 0 spiro atoms. The van der Waals surface area contributed by atoms with Crippen molar-refractivity contribution in [2.24, 2.45) is 0 Å². The predicted octanol–water partition coefficient (Wildman–Crippen LogP) is 5.45. The Labute approximate surface area is 159 Å². The molecule has 0 radical (unpaired) electrons. The Hall–Kier alpha value is -2.40. The summed E-state index contributed by atoms with van der Waals surface area (Å²) in [5.41, 5.74) is 3.55. The number of fused-ring (bicyclic) bond motifs is 1. The normalized spacial score (nSPS) is 10.7. The molecule has 0 unspecified atom stereocenters. The number of halogens is 2. The number of hydrogen-bond donors (Lipinski definition) is 2. The van der Waals surface area contributed by atoms with Crippen LogP contribution in [0.4, 0.5) is 16.0 Å². The second kappa shape index (κ2) is 8.32. The molecule has 0 saturated heterocycles. The van der Waals surface area contributed by atoms with E-state index in [1.165, 1.54) is 6.07 Å². The van der Waals surface area contributed by atoms with Crippen molar-refractivity contribution < 1.29 is 4.39 Å². The van der Waals surface area contributed by atoms with Gasteiger partial charge < -0.3 is 10.6 Å². The largest absolute Gasteiger partial charge is 0.382 e. The highest BCUT2D eigenvalue weighted by atomic mass is 35.5. The lowest BCUT2D eigenvalue weighted by Crippen LogP contribution is -2.11. The molecule has 0 saturated carbocycles. The summed E-state index contributed by atoms with van der Waals surface area (Å²) in [5.74, 6) is 0.569. The highest BCUT2D eigenvalue weighted by molar-refractivity contribution is 5.99. The standard InChI is InChI=1S/C20H23FN4.ClH/c1-5-23-19-17(12(2)3)24-20(22-4)25-18(19)15-10-11-16(21)14-9-7-6-8-13(14)15;/h6-12,23H,5H2,1-4H3,(H,22,24,25);1H. The number of rotatable bonds is 5. The lowest BCUT2D eigenvalue weighted by molar-refractivity contribution is 0.640. The Balaban J connectivity index is 0.00000243. The van der Waals surface area contributed by atoms with E-state index in [2.05, 4.69) is 29.5 Å². The second-order valence-corrected chi connectivity index (χ2v) is 6.23. The van der Waals surface area contributed by atoms with Gasteiger partial charge >= 0.3 is 0 Å². The fourth-order valence-corrected chi connectivity index (χ4v) is 3.02. The van der Waals surface area contributed by atoms with Crippen LogP contribution in [0.25, 0.3) is 22.0 Å². The maximum absolute atomic E-state index is 14.2. The van der Waals surface area contributed by atoms with Crippen LogP contribution in [0.1, 0.15) is 32.4 Å². The summed E-state index contributed by atoms with van der Waals surface area (Å²) < 4.78 is 14.2. The molecule has 0 aliphatic heterocycles. The fourth-order valence-electron chi connectivity index (χ4n) is 3.02. The van der Waals surface area contributed by atoms with E-state index in [0.29, 0.717) is 11.3 Å². The minimum atomic E-state index is -0.226. The zero-order valence-electron chi connectivity index (χ0n) is 15.4. The fraction of sp³-hybridized carbons (Fsp3) is 0.300. The third kappa shape index (κ3) is 3.58. The van der Waals surface area contributed by atoms with Crippen molar-refractivity contribution in [2.75, 3.05) is 24.2 Å². The van der Waals surface area contributed by atoms with E-state index in [1.54, 1.807) is 19.2 Å². The summed E-state index contributed by atoms with van der Waals surface area (Å²) in [5, 5.41) is 7.89. The molecule has 0 bridgehead atoms. The van der Waals surface area contributed by atoms with Gasteiger partial charge in [-0.3, -0.25) is 0 Å². The van der Waals surface area contributed by atoms with Gasteiger partial charge in [0.05, 0.1) is 17.1 Å². The highest BCUT2D eigenvalue weighted by Gasteiger charge is 2.19. The number of nitrogens with zero attached hydrogens (tertiary/aromatic N) is 2. The van der Waals surface area contributed by atoms with Crippen molar-refractivity contribution in [1.29, 1.82) is 0 Å². The molecule has 3 aromatic rings. The third-order valence-corrected chi connectivity index (χ3v) is 4.19. The van der Waals surface area contributed by atoms with E-state index in [0.717, 1.165) is 34.6 Å². The lowest BCUT2D eigenvalue weighted by atomic mass is 9.98. The summed E-state index contributed by atoms with van der Waals surface area (Å²) in [6.07, 6.45) is 0. The topological polar surface area (TPSA) is 49.8 Å². The van der Waals surface area contributed by atoms with E-state index in [4.69, 9.17) is 4.98 Å². The average molecular weight is 375 g/mol. The van der Waals surface area contributed by atoms with Crippen LogP contribution in [0.3, 0.4) is 0 Å². The van der Waals surface area contributed by atoms with Gasteiger partial charge in [0.15, 0.2) is 0 Å². The number of hydrogen-bond acceptors (Lipinski definition) is 4. The summed E-state index contributed by atoms with van der Waals surface area (Å²) >= 11 is 0. The summed E-state index contributed by atoms with van der Waals surface area (Å²) in [6, 6.07) is 10.8. The zero-order valence-corrected chi connectivity index (χ0v) is 16.2. The molecular weight excluding hydrogens is 351 g/mol. The molecule has 0 fully saturated rings. The van der Waals surface area contributed by atoms with Gasteiger partial charge in [-0.05, 0) is 30.4 Å². The van der Waals surface area contributed by atoms with E-state index in [9.17, 15) is 4.39 Å². The SMILES string of the molecule is CCNc1c(-c2ccc(F)c3ccccc23)nc(NC)nc1C(C)C.Cl. The Kier molecular flexibility index (Phi) is 6.37. The molecule has 138 valence electrons. The first-order valence-electron chi connectivity index (χ1n) is 8.58. The van der Waals surface area contributed by atoms with Gasteiger partial charge in [0.25, 0.3) is 0 Å². The zero-order chi connectivity index (χ0) is 18.0. The Morgan fingerprint density at radius 1 is 1.04 bits per heavy atom. The van der Waals surface area contributed by atoms with Gasteiger partial charge in [0.2, 0.25) is 5.95 Å². The number of benzene rings is 2. The Morgan fingerprint density at radius 2 is 1.73 bits per heavy atom. The lowest BCUT2D eigenvalue weighted by Gasteiger charge is -2.19. The average Bonchev–Trinajstić information content (AvgIpc) is 2.62. The molecule has 1 heterocycles.